The normalized spacial score (nSPS) is 10.2. The molecule has 2 rings (SSSR count). The Morgan fingerprint density at radius 1 is 1.43 bits per heavy atom. The van der Waals surface area contributed by atoms with Crippen LogP contribution in [0.5, 0.6) is 5.88 Å². The number of halogens is 1. The van der Waals surface area contributed by atoms with Crippen molar-refractivity contribution in [3.05, 3.63) is 53.0 Å². The number of nitrogens with two attached hydrogens (primary N) is 1. The fourth-order valence-electron chi connectivity index (χ4n) is 1.88. The third kappa shape index (κ3) is 3.28. The van der Waals surface area contributed by atoms with E-state index in [1.165, 1.54) is 26.2 Å². The number of hydrogen-bond donors (Lipinski definition) is 1. The van der Waals surface area contributed by atoms with E-state index in [-0.39, 0.29) is 12.2 Å². The molecule has 1 aromatic carbocycles. The number of esters is 1. The lowest BCUT2D eigenvalue weighted by molar-refractivity contribution is 0.0464. The van der Waals surface area contributed by atoms with E-state index < -0.39 is 11.8 Å². The van der Waals surface area contributed by atoms with Gasteiger partial charge in [0.15, 0.2) is 0 Å². The van der Waals surface area contributed by atoms with Gasteiger partial charge in [0.2, 0.25) is 5.88 Å². The smallest absolute Gasteiger partial charge is 0.341 e. The van der Waals surface area contributed by atoms with Gasteiger partial charge in [0.25, 0.3) is 0 Å². The van der Waals surface area contributed by atoms with Crippen LogP contribution in [0.15, 0.2) is 30.5 Å². The minimum absolute atomic E-state index is 0.0663. The number of aromatic nitrogens is 1. The van der Waals surface area contributed by atoms with Crippen molar-refractivity contribution in [3.8, 4) is 5.88 Å². The van der Waals surface area contributed by atoms with Crippen LogP contribution in [0, 0.1) is 12.7 Å². The number of pyridine rings is 1. The maximum absolute atomic E-state index is 13.9. The summed E-state index contributed by atoms with van der Waals surface area (Å²) in [6.07, 6.45) is 1.56. The van der Waals surface area contributed by atoms with E-state index in [9.17, 15) is 9.18 Å². The Morgan fingerprint density at radius 3 is 2.90 bits per heavy atom. The van der Waals surface area contributed by atoms with E-state index in [1.54, 1.807) is 18.3 Å². The molecule has 110 valence electrons. The molecule has 6 heteroatoms. The number of benzene rings is 1. The van der Waals surface area contributed by atoms with Crippen molar-refractivity contribution in [3.63, 3.8) is 0 Å². The van der Waals surface area contributed by atoms with E-state index in [0.717, 1.165) is 0 Å². The summed E-state index contributed by atoms with van der Waals surface area (Å²) in [7, 11) is 1.47. The largest absolute Gasteiger partial charge is 0.481 e. The van der Waals surface area contributed by atoms with E-state index >= 15 is 0 Å². The fraction of sp³-hybridized carbons (Fsp3) is 0.200. The molecule has 0 saturated heterocycles. The van der Waals surface area contributed by atoms with Crippen LogP contribution in [0.4, 0.5) is 10.1 Å². The average Bonchev–Trinajstić information content (AvgIpc) is 2.48. The number of methoxy groups -OCH3 is 1. The molecule has 0 saturated carbocycles. The van der Waals surface area contributed by atoms with Crippen LogP contribution in [0.1, 0.15) is 21.5 Å². The second-order valence-corrected chi connectivity index (χ2v) is 4.45. The Morgan fingerprint density at radius 2 is 2.19 bits per heavy atom. The molecule has 1 heterocycles. The summed E-state index contributed by atoms with van der Waals surface area (Å²) < 4.78 is 24.1. The molecule has 0 unspecified atom stereocenters. The molecule has 0 aliphatic heterocycles. The SMILES string of the molecule is COc1ncccc1COC(=O)c1cc(N)cc(C)c1F. The van der Waals surface area contributed by atoms with Crippen LogP contribution >= 0.6 is 0 Å². The zero-order valence-corrected chi connectivity index (χ0v) is 11.7. The van der Waals surface area contributed by atoms with Gasteiger partial charge in [-0.15, -0.1) is 0 Å². The van der Waals surface area contributed by atoms with Crippen molar-refractivity contribution >= 4 is 11.7 Å². The minimum Gasteiger partial charge on any atom is -0.481 e. The summed E-state index contributed by atoms with van der Waals surface area (Å²) in [5, 5.41) is 0. The monoisotopic (exact) mass is 290 g/mol. The maximum atomic E-state index is 13.9. The van der Waals surface area contributed by atoms with Gasteiger partial charge in [-0.05, 0) is 36.8 Å². The molecule has 0 aliphatic carbocycles. The lowest BCUT2D eigenvalue weighted by atomic mass is 10.1. The number of hydrogen-bond acceptors (Lipinski definition) is 5. The lowest BCUT2D eigenvalue weighted by Crippen LogP contribution is -2.10. The zero-order valence-electron chi connectivity index (χ0n) is 11.7. The number of nitrogens with zero attached hydrogens (tertiary/aromatic N) is 1. The summed E-state index contributed by atoms with van der Waals surface area (Å²) in [6.45, 7) is 1.47. The number of carbonyl (C=O) groups excluding carboxylic acids is 1. The van der Waals surface area contributed by atoms with Gasteiger partial charge in [-0.1, -0.05) is 0 Å². The van der Waals surface area contributed by atoms with Crippen molar-refractivity contribution in [2.75, 3.05) is 12.8 Å². The van der Waals surface area contributed by atoms with E-state index in [1.807, 2.05) is 0 Å². The first-order valence-electron chi connectivity index (χ1n) is 6.23. The highest BCUT2D eigenvalue weighted by molar-refractivity contribution is 5.91. The first kappa shape index (κ1) is 14.8. The molecule has 0 aliphatic rings. The van der Waals surface area contributed by atoms with Gasteiger partial charge >= 0.3 is 5.97 Å². The Labute approximate surface area is 121 Å². The predicted octanol–water partition coefficient (Wildman–Crippen LogP) is 2.48. The van der Waals surface area contributed by atoms with Crippen LogP contribution < -0.4 is 10.5 Å². The van der Waals surface area contributed by atoms with E-state index in [2.05, 4.69) is 4.98 Å². The summed E-state index contributed by atoms with van der Waals surface area (Å²) in [6, 6.07) is 6.11. The molecular weight excluding hydrogens is 275 g/mol. The quantitative estimate of drug-likeness (QED) is 0.691. The highest BCUT2D eigenvalue weighted by Gasteiger charge is 2.17. The first-order valence-corrected chi connectivity index (χ1v) is 6.23. The van der Waals surface area contributed by atoms with Crippen LogP contribution in [0.2, 0.25) is 0 Å². The molecule has 0 atom stereocenters. The molecule has 0 bridgehead atoms. The minimum atomic E-state index is -0.784. The molecule has 0 fully saturated rings. The molecule has 0 radical (unpaired) electrons. The van der Waals surface area contributed by atoms with Gasteiger partial charge in [0.1, 0.15) is 12.4 Å². The number of nitrogen functional groups attached to an aromatic ring is 1. The first-order chi connectivity index (χ1) is 10.0. The van der Waals surface area contributed by atoms with Crippen LogP contribution in [0.25, 0.3) is 0 Å². The van der Waals surface area contributed by atoms with Gasteiger partial charge in [0.05, 0.1) is 18.2 Å². The van der Waals surface area contributed by atoms with Crippen molar-refractivity contribution in [1.82, 2.24) is 4.98 Å². The Hall–Kier alpha value is -2.63. The molecule has 0 amide bonds. The standard InChI is InChI=1S/C15H15FN2O3/c1-9-6-11(17)7-12(13(9)16)15(19)21-8-10-4-3-5-18-14(10)20-2/h3-7H,8,17H2,1-2H3. The van der Waals surface area contributed by atoms with Crippen molar-refractivity contribution in [1.29, 1.82) is 0 Å². The summed E-state index contributed by atoms with van der Waals surface area (Å²) in [5.41, 5.74) is 6.62. The molecule has 0 spiro atoms. The number of anilines is 1. The average molecular weight is 290 g/mol. The number of carbonyl (C=O) groups is 1. The molecular formula is C15H15FN2O3. The van der Waals surface area contributed by atoms with Crippen LogP contribution in [-0.4, -0.2) is 18.1 Å². The second kappa shape index (κ2) is 6.21. The third-order valence-corrected chi connectivity index (χ3v) is 2.90. The van der Waals surface area contributed by atoms with Crippen molar-refractivity contribution < 1.29 is 18.7 Å². The van der Waals surface area contributed by atoms with Gasteiger partial charge in [0, 0.05) is 11.9 Å². The van der Waals surface area contributed by atoms with Crippen molar-refractivity contribution in [2.45, 2.75) is 13.5 Å². The lowest BCUT2D eigenvalue weighted by Gasteiger charge is -2.10. The number of aryl methyl sites for hydroxylation is 1. The summed E-state index contributed by atoms with van der Waals surface area (Å²) in [4.78, 5) is 15.9. The number of ether oxygens (including phenoxy) is 2. The fourth-order valence-corrected chi connectivity index (χ4v) is 1.88. The molecule has 1 aromatic heterocycles. The Balaban J connectivity index is 2.16. The summed E-state index contributed by atoms with van der Waals surface area (Å²) in [5.74, 6) is -1.06. The van der Waals surface area contributed by atoms with E-state index in [4.69, 9.17) is 15.2 Å². The molecule has 2 aromatic rings. The molecule has 5 nitrogen and oxygen atoms in total. The van der Waals surface area contributed by atoms with Crippen molar-refractivity contribution in [2.24, 2.45) is 0 Å². The molecule has 2 N–H and O–H groups in total. The van der Waals surface area contributed by atoms with Crippen LogP contribution in [-0.2, 0) is 11.3 Å². The highest BCUT2D eigenvalue weighted by atomic mass is 19.1. The predicted molar refractivity (Wildman–Crippen MR) is 75.5 cm³/mol. The van der Waals surface area contributed by atoms with Crippen LogP contribution in [0.3, 0.4) is 0 Å². The topological polar surface area (TPSA) is 74.4 Å². The Kier molecular flexibility index (Phi) is 4.37. The van der Waals surface area contributed by atoms with Gasteiger partial charge < -0.3 is 15.2 Å². The molecule has 21 heavy (non-hydrogen) atoms. The maximum Gasteiger partial charge on any atom is 0.341 e. The Bertz CT molecular complexity index is 674. The number of rotatable bonds is 4. The van der Waals surface area contributed by atoms with Gasteiger partial charge in [-0.3, -0.25) is 0 Å². The zero-order chi connectivity index (χ0) is 15.4. The van der Waals surface area contributed by atoms with Gasteiger partial charge in [-0.2, -0.15) is 0 Å². The summed E-state index contributed by atoms with van der Waals surface area (Å²) >= 11 is 0. The third-order valence-electron chi connectivity index (χ3n) is 2.90. The van der Waals surface area contributed by atoms with Gasteiger partial charge in [-0.25, -0.2) is 14.2 Å². The van der Waals surface area contributed by atoms with E-state index in [0.29, 0.717) is 22.7 Å². The highest BCUT2D eigenvalue weighted by Crippen LogP contribution is 2.20. The second-order valence-electron chi connectivity index (χ2n) is 4.45.